The Hall–Kier alpha value is -2.49. The maximum absolute atomic E-state index is 12.2. The van der Waals surface area contributed by atoms with Crippen molar-refractivity contribution in [1.82, 2.24) is 10.2 Å². The Morgan fingerprint density at radius 2 is 1.83 bits per heavy atom. The first-order valence-corrected chi connectivity index (χ1v) is 5.58. The quantitative estimate of drug-likeness (QED) is 0.828. The van der Waals surface area contributed by atoms with Crippen molar-refractivity contribution in [1.29, 1.82) is 0 Å². The van der Waals surface area contributed by atoms with E-state index < -0.39 is 0 Å². The number of hydrogen-bond acceptors (Lipinski definition) is 3. The van der Waals surface area contributed by atoms with Crippen LogP contribution in [0.3, 0.4) is 0 Å². The molecule has 2 aromatic rings. The summed E-state index contributed by atoms with van der Waals surface area (Å²) in [6, 6.07) is 7.52. The number of allylic oxidation sites excluding steroid dienone is 2. The van der Waals surface area contributed by atoms with Gasteiger partial charge in [-0.05, 0) is 18.6 Å². The molecule has 1 aromatic heterocycles. The number of rotatable bonds is 1. The molecule has 0 unspecified atom stereocenters. The second kappa shape index (κ2) is 3.77. The summed E-state index contributed by atoms with van der Waals surface area (Å²) in [5.74, 6) is -0.375. The number of nitrogens with one attached hydrogen (secondary N) is 1. The fourth-order valence-electron chi connectivity index (χ4n) is 2.01. The summed E-state index contributed by atoms with van der Waals surface area (Å²) in [7, 11) is 0. The number of carbonyl (C=O) groups is 2. The third-order valence-electron chi connectivity index (χ3n) is 3.01. The minimum Gasteiger partial charge on any atom is -0.288 e. The van der Waals surface area contributed by atoms with E-state index in [0.717, 1.165) is 11.1 Å². The van der Waals surface area contributed by atoms with Crippen molar-refractivity contribution in [3.05, 3.63) is 58.9 Å². The number of benzene rings is 1. The lowest BCUT2D eigenvalue weighted by Gasteiger charge is -2.11. The lowest BCUT2D eigenvalue weighted by atomic mass is 9.90. The number of aromatic nitrogens is 2. The van der Waals surface area contributed by atoms with Crippen LogP contribution in [0.15, 0.2) is 36.5 Å². The molecule has 0 spiro atoms. The minimum atomic E-state index is -0.210. The second-order valence-electron chi connectivity index (χ2n) is 4.28. The van der Waals surface area contributed by atoms with Crippen LogP contribution in [0, 0.1) is 6.92 Å². The summed E-state index contributed by atoms with van der Waals surface area (Å²) in [5, 5.41) is 6.30. The van der Waals surface area contributed by atoms with Crippen molar-refractivity contribution in [3.8, 4) is 0 Å². The Morgan fingerprint density at radius 1 is 1.11 bits per heavy atom. The van der Waals surface area contributed by atoms with E-state index in [1.54, 1.807) is 0 Å². The van der Waals surface area contributed by atoms with E-state index >= 15 is 0 Å². The number of nitrogens with zero attached hydrogens (tertiary/aromatic N) is 1. The smallest absolute Gasteiger partial charge is 0.205 e. The van der Waals surface area contributed by atoms with Crippen LogP contribution in [0.25, 0.3) is 5.57 Å². The number of H-pyrrole nitrogens is 1. The number of fused-ring (bicyclic) bond motifs is 1. The molecule has 0 saturated carbocycles. The first-order valence-electron chi connectivity index (χ1n) is 5.58. The molecule has 1 aromatic carbocycles. The fraction of sp³-hybridized carbons (Fsp3) is 0.0714. The van der Waals surface area contributed by atoms with Crippen molar-refractivity contribution in [2.45, 2.75) is 6.92 Å². The molecule has 4 heteroatoms. The van der Waals surface area contributed by atoms with Gasteiger partial charge in [0.15, 0.2) is 5.78 Å². The molecule has 1 aliphatic carbocycles. The molecule has 88 valence electrons. The van der Waals surface area contributed by atoms with Gasteiger partial charge in [0.2, 0.25) is 5.78 Å². The molecule has 0 radical (unpaired) electrons. The monoisotopic (exact) mass is 238 g/mol. The van der Waals surface area contributed by atoms with Gasteiger partial charge in [0.05, 0.1) is 11.8 Å². The van der Waals surface area contributed by atoms with Crippen LogP contribution >= 0.6 is 0 Å². The molecule has 0 amide bonds. The lowest BCUT2D eigenvalue weighted by molar-refractivity contribution is 0.0999. The average Bonchev–Trinajstić information content (AvgIpc) is 2.85. The number of ketones is 2. The van der Waals surface area contributed by atoms with Crippen LogP contribution in [-0.4, -0.2) is 21.8 Å². The maximum atomic E-state index is 12.2. The van der Waals surface area contributed by atoms with Crippen molar-refractivity contribution in [2.24, 2.45) is 0 Å². The normalized spacial score (nSPS) is 14.4. The van der Waals surface area contributed by atoms with Gasteiger partial charge in [0.25, 0.3) is 0 Å². The van der Waals surface area contributed by atoms with Crippen LogP contribution < -0.4 is 0 Å². The van der Waals surface area contributed by atoms with Crippen LogP contribution in [-0.2, 0) is 0 Å². The third-order valence-corrected chi connectivity index (χ3v) is 3.01. The summed E-state index contributed by atoms with van der Waals surface area (Å²) in [6.07, 6.45) is 2.77. The van der Waals surface area contributed by atoms with Crippen LogP contribution in [0.1, 0.15) is 32.0 Å². The van der Waals surface area contributed by atoms with Crippen molar-refractivity contribution in [2.75, 3.05) is 0 Å². The van der Waals surface area contributed by atoms with E-state index in [9.17, 15) is 9.59 Å². The summed E-state index contributed by atoms with van der Waals surface area (Å²) in [6.45, 7) is 1.97. The molecule has 0 bridgehead atoms. The maximum Gasteiger partial charge on any atom is 0.205 e. The molecule has 0 saturated heterocycles. The number of hydrogen-bond donors (Lipinski definition) is 1. The van der Waals surface area contributed by atoms with Crippen molar-refractivity contribution >= 4 is 17.1 Å². The largest absolute Gasteiger partial charge is 0.288 e. The summed E-state index contributed by atoms with van der Waals surface area (Å²) in [5.41, 5.74) is 2.91. The molecule has 0 atom stereocenters. The first-order chi connectivity index (χ1) is 8.66. The van der Waals surface area contributed by atoms with Gasteiger partial charge in [0.1, 0.15) is 5.69 Å². The zero-order valence-electron chi connectivity index (χ0n) is 9.73. The van der Waals surface area contributed by atoms with Gasteiger partial charge < -0.3 is 0 Å². The molecule has 18 heavy (non-hydrogen) atoms. The molecule has 4 nitrogen and oxygen atoms in total. The van der Waals surface area contributed by atoms with Gasteiger partial charge in [-0.25, -0.2) is 0 Å². The number of aryl methyl sites for hydroxylation is 1. The third kappa shape index (κ3) is 1.50. The predicted molar refractivity (Wildman–Crippen MR) is 66.4 cm³/mol. The lowest BCUT2D eigenvalue weighted by Crippen LogP contribution is -2.15. The molecule has 1 aliphatic rings. The van der Waals surface area contributed by atoms with E-state index in [1.807, 2.05) is 31.2 Å². The first kappa shape index (κ1) is 10.7. The highest BCUT2D eigenvalue weighted by Crippen LogP contribution is 2.26. The Labute approximate surface area is 103 Å². The van der Waals surface area contributed by atoms with Gasteiger partial charge in [-0.15, -0.1) is 0 Å². The number of aromatic amines is 1. The van der Waals surface area contributed by atoms with Crippen molar-refractivity contribution in [3.63, 3.8) is 0 Å². The van der Waals surface area contributed by atoms with E-state index in [-0.39, 0.29) is 17.3 Å². The summed E-state index contributed by atoms with van der Waals surface area (Å²) >= 11 is 0. The highest BCUT2D eigenvalue weighted by atomic mass is 16.1. The van der Waals surface area contributed by atoms with E-state index in [2.05, 4.69) is 10.2 Å². The van der Waals surface area contributed by atoms with Crippen molar-refractivity contribution < 1.29 is 9.59 Å². The molecule has 0 aliphatic heterocycles. The number of carbonyl (C=O) groups excluding carboxylic acids is 2. The Balaban J connectivity index is 2.12. The molecule has 3 rings (SSSR count). The number of Topliss-reactive ketones (excluding diaryl/α,β-unsaturated/α-hetero) is 1. The van der Waals surface area contributed by atoms with Gasteiger partial charge >= 0.3 is 0 Å². The molecule has 0 fully saturated rings. The Bertz CT molecular complexity index is 678. The average molecular weight is 238 g/mol. The van der Waals surface area contributed by atoms with E-state index in [0.29, 0.717) is 11.1 Å². The SMILES string of the molecule is Cc1ccc(C2=CC(=O)c3[nH]ncc3C2=O)cc1. The zero-order chi connectivity index (χ0) is 12.7. The minimum absolute atomic E-state index is 0.165. The second-order valence-corrected chi connectivity index (χ2v) is 4.28. The summed E-state index contributed by atoms with van der Waals surface area (Å²) in [4.78, 5) is 24.1. The van der Waals surface area contributed by atoms with Crippen LogP contribution in [0.5, 0.6) is 0 Å². The highest BCUT2D eigenvalue weighted by Gasteiger charge is 2.27. The van der Waals surface area contributed by atoms with Gasteiger partial charge in [-0.2, -0.15) is 5.10 Å². The van der Waals surface area contributed by atoms with E-state index in [4.69, 9.17) is 0 Å². The van der Waals surface area contributed by atoms with E-state index in [1.165, 1.54) is 12.3 Å². The standard InChI is InChI=1S/C14H10N2O2/c1-8-2-4-9(5-3-8)10-6-12(17)13-11(14(10)18)7-15-16-13/h2-7H,1H3,(H,15,16). The fourth-order valence-corrected chi connectivity index (χ4v) is 2.01. The summed E-state index contributed by atoms with van der Waals surface area (Å²) < 4.78 is 0. The Morgan fingerprint density at radius 3 is 2.56 bits per heavy atom. The van der Waals surface area contributed by atoms with Gasteiger partial charge in [-0.3, -0.25) is 14.7 Å². The van der Waals surface area contributed by atoms with Gasteiger partial charge in [-0.1, -0.05) is 29.8 Å². The topological polar surface area (TPSA) is 62.8 Å². The van der Waals surface area contributed by atoms with Crippen LogP contribution in [0.2, 0.25) is 0 Å². The predicted octanol–water partition coefficient (Wildman–Crippen LogP) is 2.18. The molecular weight excluding hydrogens is 228 g/mol. The van der Waals surface area contributed by atoms with Gasteiger partial charge in [0, 0.05) is 5.57 Å². The molecule has 1 N–H and O–H groups in total. The van der Waals surface area contributed by atoms with Crippen LogP contribution in [0.4, 0.5) is 0 Å². The molecule has 1 heterocycles. The Kier molecular flexibility index (Phi) is 2.23. The molecular formula is C14H10N2O2. The highest BCUT2D eigenvalue weighted by molar-refractivity contribution is 6.38. The zero-order valence-corrected chi connectivity index (χ0v) is 9.73.